The maximum absolute atomic E-state index is 11.5. The third-order valence-corrected chi connectivity index (χ3v) is 3.44. The first kappa shape index (κ1) is 15.4. The van der Waals surface area contributed by atoms with E-state index < -0.39 is 0 Å². The molecule has 2 N–H and O–H groups in total. The molecule has 1 aliphatic rings. The number of hydrogen-bond donors (Lipinski definition) is 2. The van der Waals surface area contributed by atoms with E-state index in [2.05, 4.69) is 29.4 Å². The number of ether oxygens (including phenoxy) is 1. The van der Waals surface area contributed by atoms with E-state index in [0.717, 1.165) is 25.9 Å². The van der Waals surface area contributed by atoms with Crippen LogP contribution < -0.4 is 10.6 Å². The van der Waals surface area contributed by atoms with Crippen LogP contribution in [0.1, 0.15) is 26.7 Å². The first-order valence-corrected chi connectivity index (χ1v) is 6.86. The average molecular weight is 257 g/mol. The predicted octanol–water partition coefficient (Wildman–Crippen LogP) is 0.211. The Kier molecular flexibility index (Phi) is 7.23. The summed E-state index contributed by atoms with van der Waals surface area (Å²) >= 11 is 0. The van der Waals surface area contributed by atoms with E-state index in [9.17, 15) is 4.79 Å². The summed E-state index contributed by atoms with van der Waals surface area (Å²) in [6.07, 6.45) is 2.26. The van der Waals surface area contributed by atoms with Crippen LogP contribution in [0.3, 0.4) is 0 Å². The molecule has 0 atom stereocenters. The second-order valence-corrected chi connectivity index (χ2v) is 5.13. The molecule has 0 bridgehead atoms. The zero-order valence-corrected chi connectivity index (χ0v) is 11.9. The number of nitrogens with one attached hydrogen (secondary N) is 2. The SMILES string of the molecule is COCCNC(=O)CNC1CCN(C(C)C)CC1. The number of nitrogens with zero attached hydrogens (tertiary/aromatic N) is 1. The number of hydrogen-bond acceptors (Lipinski definition) is 4. The van der Waals surface area contributed by atoms with Crippen LogP contribution in [0.4, 0.5) is 0 Å². The molecule has 106 valence electrons. The molecule has 5 heteroatoms. The van der Waals surface area contributed by atoms with E-state index in [1.54, 1.807) is 7.11 Å². The van der Waals surface area contributed by atoms with E-state index >= 15 is 0 Å². The fourth-order valence-electron chi connectivity index (χ4n) is 2.21. The highest BCUT2D eigenvalue weighted by molar-refractivity contribution is 5.77. The molecule has 18 heavy (non-hydrogen) atoms. The minimum atomic E-state index is 0.0540. The van der Waals surface area contributed by atoms with E-state index in [1.165, 1.54) is 0 Å². The van der Waals surface area contributed by atoms with Gasteiger partial charge in [0.05, 0.1) is 13.2 Å². The summed E-state index contributed by atoms with van der Waals surface area (Å²) in [5, 5.41) is 6.14. The molecule has 1 saturated heterocycles. The lowest BCUT2D eigenvalue weighted by atomic mass is 10.0. The second kappa shape index (κ2) is 8.45. The monoisotopic (exact) mass is 257 g/mol. The average Bonchev–Trinajstić information content (AvgIpc) is 2.37. The Balaban J connectivity index is 2.08. The van der Waals surface area contributed by atoms with Crippen molar-refractivity contribution in [1.29, 1.82) is 0 Å². The molecule has 1 amide bonds. The highest BCUT2D eigenvalue weighted by Gasteiger charge is 2.20. The lowest BCUT2D eigenvalue weighted by Gasteiger charge is -2.34. The molecule has 0 spiro atoms. The van der Waals surface area contributed by atoms with Crippen molar-refractivity contribution in [3.63, 3.8) is 0 Å². The molecule has 1 aliphatic heterocycles. The minimum Gasteiger partial charge on any atom is -0.383 e. The maximum atomic E-state index is 11.5. The van der Waals surface area contributed by atoms with Gasteiger partial charge in [-0.25, -0.2) is 0 Å². The van der Waals surface area contributed by atoms with Crippen molar-refractivity contribution in [2.75, 3.05) is 39.9 Å². The smallest absolute Gasteiger partial charge is 0.234 e. The predicted molar refractivity (Wildman–Crippen MR) is 72.6 cm³/mol. The highest BCUT2D eigenvalue weighted by Crippen LogP contribution is 2.12. The van der Waals surface area contributed by atoms with Gasteiger partial charge in [-0.05, 0) is 39.8 Å². The number of piperidine rings is 1. The van der Waals surface area contributed by atoms with Gasteiger partial charge in [0.15, 0.2) is 0 Å². The molecule has 1 heterocycles. The van der Waals surface area contributed by atoms with Gasteiger partial charge in [0.25, 0.3) is 0 Å². The van der Waals surface area contributed by atoms with Gasteiger partial charge in [0, 0.05) is 25.7 Å². The summed E-state index contributed by atoms with van der Waals surface area (Å²) in [7, 11) is 1.63. The number of likely N-dealkylation sites (tertiary alicyclic amines) is 1. The summed E-state index contributed by atoms with van der Waals surface area (Å²) in [5.74, 6) is 0.0540. The van der Waals surface area contributed by atoms with Gasteiger partial charge < -0.3 is 20.3 Å². The Morgan fingerprint density at radius 3 is 2.61 bits per heavy atom. The summed E-state index contributed by atoms with van der Waals surface area (Å²) in [5.41, 5.74) is 0. The van der Waals surface area contributed by atoms with Crippen LogP contribution in [0.2, 0.25) is 0 Å². The van der Waals surface area contributed by atoms with Crippen molar-refractivity contribution in [2.45, 2.75) is 38.8 Å². The Morgan fingerprint density at radius 1 is 1.39 bits per heavy atom. The van der Waals surface area contributed by atoms with Gasteiger partial charge in [-0.2, -0.15) is 0 Å². The fourth-order valence-corrected chi connectivity index (χ4v) is 2.21. The zero-order chi connectivity index (χ0) is 13.4. The summed E-state index contributed by atoms with van der Waals surface area (Å²) < 4.78 is 4.88. The molecule has 0 saturated carbocycles. The molecule has 0 aliphatic carbocycles. The van der Waals surface area contributed by atoms with Gasteiger partial charge in [-0.1, -0.05) is 0 Å². The summed E-state index contributed by atoms with van der Waals surface area (Å²) in [6, 6.07) is 1.11. The van der Waals surface area contributed by atoms with Crippen molar-refractivity contribution in [1.82, 2.24) is 15.5 Å². The van der Waals surface area contributed by atoms with Crippen LogP contribution in [0.15, 0.2) is 0 Å². The normalized spacial score (nSPS) is 18.2. The van der Waals surface area contributed by atoms with E-state index in [4.69, 9.17) is 4.74 Å². The van der Waals surface area contributed by atoms with Crippen LogP contribution in [-0.4, -0.2) is 62.8 Å². The van der Waals surface area contributed by atoms with Crippen molar-refractivity contribution in [3.8, 4) is 0 Å². The zero-order valence-electron chi connectivity index (χ0n) is 11.9. The summed E-state index contributed by atoms with van der Waals surface area (Å²) in [6.45, 7) is 8.28. The first-order chi connectivity index (χ1) is 8.63. The molecule has 5 nitrogen and oxygen atoms in total. The van der Waals surface area contributed by atoms with E-state index in [-0.39, 0.29) is 5.91 Å². The first-order valence-electron chi connectivity index (χ1n) is 6.86. The molecule has 1 rings (SSSR count). The molecular weight excluding hydrogens is 230 g/mol. The van der Waals surface area contributed by atoms with Gasteiger partial charge in [-0.15, -0.1) is 0 Å². The third kappa shape index (κ3) is 5.80. The molecule has 0 aromatic carbocycles. The lowest BCUT2D eigenvalue weighted by molar-refractivity contribution is -0.120. The van der Waals surface area contributed by atoms with Gasteiger partial charge >= 0.3 is 0 Å². The third-order valence-electron chi connectivity index (χ3n) is 3.44. The molecular formula is C13H27N3O2. The van der Waals surface area contributed by atoms with Crippen molar-refractivity contribution in [2.24, 2.45) is 0 Å². The van der Waals surface area contributed by atoms with Crippen LogP contribution in [0, 0.1) is 0 Å². The molecule has 0 aromatic heterocycles. The Hall–Kier alpha value is -0.650. The minimum absolute atomic E-state index is 0.0540. The van der Waals surface area contributed by atoms with Crippen molar-refractivity contribution in [3.05, 3.63) is 0 Å². The number of rotatable bonds is 7. The number of amides is 1. The second-order valence-electron chi connectivity index (χ2n) is 5.13. The van der Waals surface area contributed by atoms with E-state index in [0.29, 0.717) is 31.8 Å². The number of carbonyl (C=O) groups is 1. The quantitative estimate of drug-likeness (QED) is 0.640. The van der Waals surface area contributed by atoms with Crippen LogP contribution in [0.5, 0.6) is 0 Å². The fraction of sp³-hybridized carbons (Fsp3) is 0.923. The van der Waals surface area contributed by atoms with Gasteiger partial charge in [0.2, 0.25) is 5.91 Å². The van der Waals surface area contributed by atoms with Crippen LogP contribution in [-0.2, 0) is 9.53 Å². The van der Waals surface area contributed by atoms with E-state index in [1.807, 2.05) is 0 Å². The summed E-state index contributed by atoms with van der Waals surface area (Å²) in [4.78, 5) is 14.0. The molecule has 0 unspecified atom stereocenters. The van der Waals surface area contributed by atoms with Gasteiger partial charge in [0.1, 0.15) is 0 Å². The largest absolute Gasteiger partial charge is 0.383 e. The van der Waals surface area contributed by atoms with Crippen molar-refractivity contribution >= 4 is 5.91 Å². The Labute approximate surface area is 110 Å². The highest BCUT2D eigenvalue weighted by atomic mass is 16.5. The van der Waals surface area contributed by atoms with Gasteiger partial charge in [-0.3, -0.25) is 4.79 Å². The Bertz CT molecular complexity index is 238. The maximum Gasteiger partial charge on any atom is 0.234 e. The topological polar surface area (TPSA) is 53.6 Å². The van der Waals surface area contributed by atoms with Crippen LogP contribution >= 0.6 is 0 Å². The number of carbonyl (C=O) groups excluding carboxylic acids is 1. The standard InChI is InChI=1S/C13H27N3O2/c1-11(2)16-7-4-12(5-8-16)15-10-13(17)14-6-9-18-3/h11-12,15H,4-10H2,1-3H3,(H,14,17). The Morgan fingerprint density at radius 2 is 2.06 bits per heavy atom. The molecule has 0 radical (unpaired) electrons. The lowest BCUT2D eigenvalue weighted by Crippen LogP contribution is -2.47. The molecule has 0 aromatic rings. The van der Waals surface area contributed by atoms with Crippen molar-refractivity contribution < 1.29 is 9.53 Å². The van der Waals surface area contributed by atoms with Crippen LogP contribution in [0.25, 0.3) is 0 Å². The number of methoxy groups -OCH3 is 1. The molecule has 1 fully saturated rings.